The van der Waals surface area contributed by atoms with Gasteiger partial charge in [0.2, 0.25) is 0 Å². The van der Waals surface area contributed by atoms with Crippen molar-refractivity contribution in [2.75, 3.05) is 13.1 Å². The quantitative estimate of drug-likeness (QED) is 0.218. The maximum Gasteiger partial charge on any atom is 0.112 e. The Labute approximate surface area is 173 Å². The molecular weight excluding hydrogens is 363 g/mol. The number of unbranched alkanes of at least 4 members (excludes halogenated alkanes) is 2. The van der Waals surface area contributed by atoms with Gasteiger partial charge < -0.3 is 5.32 Å². The molecule has 0 aromatic rings. The molecule has 1 aliphatic carbocycles. The largest absolute Gasteiger partial charge is 0.312 e. The van der Waals surface area contributed by atoms with Gasteiger partial charge in [0.15, 0.2) is 0 Å². The molecule has 0 aliphatic heterocycles. The molecule has 5 atom stereocenters. The second-order valence-corrected chi connectivity index (χ2v) is 9.84. The maximum absolute atomic E-state index is 7.27. The average Bonchev–Trinajstić information content (AvgIpc) is 2.64. The molecule has 5 unspecified atom stereocenters. The Morgan fingerprint density at radius 2 is 1.50 bits per heavy atom. The maximum atomic E-state index is 7.27. The summed E-state index contributed by atoms with van der Waals surface area (Å²) in [5.74, 6) is 1.28. The second-order valence-electron chi connectivity index (χ2n) is 8.69. The van der Waals surface area contributed by atoms with Gasteiger partial charge in [0.25, 0.3) is 0 Å². The Morgan fingerprint density at radius 3 is 2.00 bits per heavy atom. The van der Waals surface area contributed by atoms with Gasteiger partial charge >= 0.3 is 0 Å². The van der Waals surface area contributed by atoms with E-state index in [0.29, 0.717) is 11.8 Å². The summed E-state index contributed by atoms with van der Waals surface area (Å²) in [4.78, 5) is -0.522. The molecule has 0 aromatic carbocycles. The molecule has 0 aromatic heterocycles. The third-order valence-corrected chi connectivity index (χ3v) is 8.34. The van der Waals surface area contributed by atoms with Gasteiger partial charge in [0.1, 0.15) is 5.00 Å². The van der Waals surface area contributed by atoms with Crippen LogP contribution in [0.1, 0.15) is 92.9 Å². The standard InChI is InChI=1S/C22H44Cl2N2/c1-7-11-13-25-19-15-21(17(5)9-3,18(6)10-4)16-22(24,20(19)23)26-14-12-8-2/h17-20,25-26H,7-16H2,1-6H3. The molecule has 0 radical (unpaired) electrons. The molecule has 0 saturated heterocycles. The Hall–Kier alpha value is 0.500. The van der Waals surface area contributed by atoms with Gasteiger partial charge in [-0.2, -0.15) is 0 Å². The van der Waals surface area contributed by atoms with Crippen molar-refractivity contribution < 1.29 is 0 Å². The monoisotopic (exact) mass is 406 g/mol. The highest BCUT2D eigenvalue weighted by atomic mass is 35.5. The van der Waals surface area contributed by atoms with Gasteiger partial charge in [-0.1, -0.05) is 67.2 Å². The molecule has 0 amide bonds. The van der Waals surface area contributed by atoms with Crippen LogP contribution in [0, 0.1) is 17.3 Å². The van der Waals surface area contributed by atoms with E-state index in [-0.39, 0.29) is 16.8 Å². The zero-order chi connectivity index (χ0) is 19.8. The van der Waals surface area contributed by atoms with Crippen molar-refractivity contribution in [3.05, 3.63) is 0 Å². The fourth-order valence-corrected chi connectivity index (χ4v) is 5.63. The summed E-state index contributed by atoms with van der Waals surface area (Å²) in [6, 6.07) is 0.270. The molecular formula is C22H44Cl2N2. The van der Waals surface area contributed by atoms with Crippen molar-refractivity contribution in [3.8, 4) is 0 Å². The minimum atomic E-state index is -0.522. The summed E-state index contributed by atoms with van der Waals surface area (Å²) in [5.41, 5.74) is 0.236. The van der Waals surface area contributed by atoms with E-state index in [1.807, 2.05) is 0 Å². The van der Waals surface area contributed by atoms with E-state index in [4.69, 9.17) is 23.2 Å². The lowest BCUT2D eigenvalue weighted by Crippen LogP contribution is -2.65. The van der Waals surface area contributed by atoms with E-state index in [9.17, 15) is 0 Å². The van der Waals surface area contributed by atoms with E-state index in [1.165, 1.54) is 32.1 Å². The minimum Gasteiger partial charge on any atom is -0.312 e. The molecule has 2 N–H and O–H groups in total. The molecule has 0 bridgehead atoms. The molecule has 0 heterocycles. The lowest BCUT2D eigenvalue weighted by atomic mass is 9.56. The molecule has 2 nitrogen and oxygen atoms in total. The Balaban J connectivity index is 3.15. The first kappa shape index (κ1) is 24.5. The van der Waals surface area contributed by atoms with Crippen molar-refractivity contribution in [1.29, 1.82) is 0 Å². The van der Waals surface area contributed by atoms with Gasteiger partial charge in [-0.25, -0.2) is 0 Å². The summed E-state index contributed by atoms with van der Waals surface area (Å²) in [6.45, 7) is 15.9. The predicted octanol–water partition coefficient (Wildman–Crippen LogP) is 6.55. The van der Waals surface area contributed by atoms with Crippen LogP contribution in [-0.4, -0.2) is 29.5 Å². The first-order chi connectivity index (χ1) is 12.3. The number of alkyl halides is 2. The fraction of sp³-hybridized carbons (Fsp3) is 1.00. The van der Waals surface area contributed by atoms with Crippen LogP contribution in [0.25, 0.3) is 0 Å². The minimum absolute atomic E-state index is 0.0842. The van der Waals surface area contributed by atoms with Crippen LogP contribution < -0.4 is 10.6 Å². The highest BCUT2D eigenvalue weighted by Gasteiger charge is 2.56. The summed E-state index contributed by atoms with van der Waals surface area (Å²) in [6.07, 6.45) is 9.21. The van der Waals surface area contributed by atoms with Crippen molar-refractivity contribution in [2.45, 2.75) is 109 Å². The molecule has 1 fully saturated rings. The Morgan fingerprint density at radius 1 is 0.962 bits per heavy atom. The average molecular weight is 408 g/mol. The van der Waals surface area contributed by atoms with Gasteiger partial charge in [0.05, 0.1) is 5.38 Å². The lowest BCUT2D eigenvalue weighted by Gasteiger charge is -2.56. The Bertz CT molecular complexity index is 380. The van der Waals surface area contributed by atoms with E-state index in [1.54, 1.807) is 0 Å². The fourth-order valence-electron chi connectivity index (χ4n) is 4.80. The van der Waals surface area contributed by atoms with Crippen LogP contribution in [0.15, 0.2) is 0 Å². The predicted molar refractivity (Wildman–Crippen MR) is 118 cm³/mol. The van der Waals surface area contributed by atoms with Crippen LogP contribution in [-0.2, 0) is 0 Å². The molecule has 1 rings (SSSR count). The van der Waals surface area contributed by atoms with Crippen LogP contribution in [0.5, 0.6) is 0 Å². The molecule has 1 aliphatic rings. The van der Waals surface area contributed by atoms with Crippen LogP contribution >= 0.6 is 23.2 Å². The molecule has 0 spiro atoms. The van der Waals surface area contributed by atoms with Gasteiger partial charge in [0, 0.05) is 6.04 Å². The van der Waals surface area contributed by atoms with Crippen LogP contribution in [0.2, 0.25) is 0 Å². The van der Waals surface area contributed by atoms with Gasteiger partial charge in [-0.15, -0.1) is 23.2 Å². The first-order valence-electron chi connectivity index (χ1n) is 11.1. The summed E-state index contributed by atoms with van der Waals surface area (Å²) >= 11 is 14.3. The van der Waals surface area contributed by atoms with E-state index in [2.05, 4.69) is 52.2 Å². The van der Waals surface area contributed by atoms with Crippen molar-refractivity contribution in [1.82, 2.24) is 10.6 Å². The molecule has 26 heavy (non-hydrogen) atoms. The van der Waals surface area contributed by atoms with Crippen molar-refractivity contribution in [2.24, 2.45) is 17.3 Å². The highest BCUT2D eigenvalue weighted by Crippen LogP contribution is 2.55. The second kappa shape index (κ2) is 11.5. The molecule has 1 saturated carbocycles. The number of nitrogens with one attached hydrogen (secondary N) is 2. The summed E-state index contributed by atoms with van der Waals surface area (Å²) in [5, 5.41) is 7.37. The van der Waals surface area contributed by atoms with E-state index in [0.717, 1.165) is 32.4 Å². The van der Waals surface area contributed by atoms with Crippen molar-refractivity contribution >= 4 is 23.2 Å². The lowest BCUT2D eigenvalue weighted by molar-refractivity contribution is -0.00165. The molecule has 4 heteroatoms. The molecule has 156 valence electrons. The van der Waals surface area contributed by atoms with Gasteiger partial charge in [-0.3, -0.25) is 5.32 Å². The topological polar surface area (TPSA) is 24.1 Å². The number of halogens is 2. The smallest absolute Gasteiger partial charge is 0.112 e. The third-order valence-electron chi connectivity index (χ3n) is 7.05. The number of hydrogen-bond donors (Lipinski definition) is 2. The van der Waals surface area contributed by atoms with E-state index >= 15 is 0 Å². The normalized spacial score (nSPS) is 34.6. The van der Waals surface area contributed by atoms with Crippen LogP contribution in [0.4, 0.5) is 0 Å². The number of rotatable bonds is 12. The zero-order valence-corrected chi connectivity index (χ0v) is 19.6. The zero-order valence-electron chi connectivity index (χ0n) is 18.1. The third kappa shape index (κ3) is 5.75. The SMILES string of the molecule is CCCCNC1CC(C(C)CC)(C(C)CC)CC(Cl)(NCCCC)C1Cl. The summed E-state index contributed by atoms with van der Waals surface area (Å²) in [7, 11) is 0. The van der Waals surface area contributed by atoms with Crippen LogP contribution in [0.3, 0.4) is 0 Å². The van der Waals surface area contributed by atoms with E-state index < -0.39 is 5.00 Å². The highest BCUT2D eigenvalue weighted by molar-refractivity contribution is 6.32. The number of hydrogen-bond acceptors (Lipinski definition) is 2. The Kier molecular flexibility index (Phi) is 10.8. The first-order valence-corrected chi connectivity index (χ1v) is 11.9. The van der Waals surface area contributed by atoms with Gasteiger partial charge in [-0.05, 0) is 56.0 Å². The summed E-state index contributed by atoms with van der Waals surface area (Å²) < 4.78 is 0. The van der Waals surface area contributed by atoms with Crippen molar-refractivity contribution in [3.63, 3.8) is 0 Å².